The molecule has 110 valence electrons. The highest BCUT2D eigenvalue weighted by Gasteiger charge is 2.37. The van der Waals surface area contributed by atoms with E-state index in [0.29, 0.717) is 4.68 Å². The number of nitrogens with two attached hydrogens (primary N) is 1. The number of nitrogen functional groups attached to an aromatic ring is 1. The Balaban J connectivity index is 2.49. The van der Waals surface area contributed by atoms with Crippen LogP contribution in [0.25, 0.3) is 0 Å². The van der Waals surface area contributed by atoms with Crippen molar-refractivity contribution in [3.8, 4) is 0 Å². The summed E-state index contributed by atoms with van der Waals surface area (Å²) in [5.74, 6) is 3.79. The summed E-state index contributed by atoms with van der Waals surface area (Å²) in [6.07, 6.45) is -4.86. The maximum absolute atomic E-state index is 12.6. The number of amides is 1. The van der Waals surface area contributed by atoms with Crippen LogP contribution in [0.5, 0.6) is 0 Å². The number of halogens is 3. The molecule has 1 fully saturated rings. The van der Waals surface area contributed by atoms with Crippen molar-refractivity contribution in [2.45, 2.75) is 12.6 Å². The third-order valence-corrected chi connectivity index (χ3v) is 2.93. The monoisotopic (exact) mass is 292 g/mol. The summed E-state index contributed by atoms with van der Waals surface area (Å²) in [7, 11) is 0. The van der Waals surface area contributed by atoms with E-state index in [-0.39, 0.29) is 25.6 Å². The summed E-state index contributed by atoms with van der Waals surface area (Å²) < 4.78 is 38.2. The highest BCUT2D eigenvalue weighted by Crippen LogP contribution is 2.29. The number of aliphatic hydroxyl groups is 1. The van der Waals surface area contributed by atoms with Gasteiger partial charge in [0.1, 0.15) is 0 Å². The van der Waals surface area contributed by atoms with Crippen LogP contribution in [0.15, 0.2) is 10.9 Å². The van der Waals surface area contributed by atoms with Crippen molar-refractivity contribution in [2.24, 2.45) is 5.92 Å². The molecule has 7 nitrogen and oxygen atoms in total. The van der Waals surface area contributed by atoms with Crippen molar-refractivity contribution in [1.82, 2.24) is 9.66 Å². The lowest BCUT2D eigenvalue weighted by molar-refractivity contribution is -0.141. The van der Waals surface area contributed by atoms with Gasteiger partial charge in [-0.1, -0.05) is 0 Å². The van der Waals surface area contributed by atoms with Gasteiger partial charge in [0.05, 0.1) is 0 Å². The number of hydrogen-bond acceptors (Lipinski definition) is 5. The van der Waals surface area contributed by atoms with Gasteiger partial charge in [0, 0.05) is 31.6 Å². The lowest BCUT2D eigenvalue weighted by Crippen LogP contribution is -2.38. The van der Waals surface area contributed by atoms with Crippen molar-refractivity contribution in [3.63, 3.8) is 0 Å². The Kier molecular flexibility index (Phi) is 3.42. The second-order valence-corrected chi connectivity index (χ2v) is 4.40. The Bertz CT molecular complexity index is 598. The average molecular weight is 292 g/mol. The van der Waals surface area contributed by atoms with Crippen LogP contribution < -0.4 is 16.3 Å². The number of nitrogens with zero attached hydrogens (tertiary/aromatic N) is 3. The fourth-order valence-electron chi connectivity index (χ4n) is 1.91. The number of rotatable bonds is 2. The second kappa shape index (κ2) is 4.78. The molecule has 1 amide bonds. The van der Waals surface area contributed by atoms with E-state index in [1.165, 1.54) is 0 Å². The minimum absolute atomic E-state index is 0.0391. The zero-order chi connectivity index (χ0) is 15.1. The van der Waals surface area contributed by atoms with Crippen molar-refractivity contribution in [2.75, 3.05) is 23.9 Å². The lowest BCUT2D eigenvalue weighted by Gasteiger charge is -2.19. The van der Waals surface area contributed by atoms with Gasteiger partial charge < -0.3 is 10.9 Å². The average Bonchev–Trinajstić information content (AvgIpc) is 2.72. The fraction of sp³-hybridized carbons (Fsp3) is 0.500. The number of carbonyl (C=O) groups is 1. The summed E-state index contributed by atoms with van der Waals surface area (Å²) in [4.78, 5) is 27.2. The second-order valence-electron chi connectivity index (χ2n) is 4.40. The van der Waals surface area contributed by atoms with Crippen LogP contribution in [0, 0.1) is 5.92 Å². The summed E-state index contributed by atoms with van der Waals surface area (Å²) in [5, 5.41) is 8.98. The molecule has 1 aromatic heterocycles. The van der Waals surface area contributed by atoms with Crippen molar-refractivity contribution in [3.05, 3.63) is 22.1 Å². The Morgan fingerprint density at radius 2 is 2.10 bits per heavy atom. The minimum atomic E-state index is -4.82. The minimum Gasteiger partial charge on any atom is -0.396 e. The van der Waals surface area contributed by atoms with E-state index in [9.17, 15) is 22.8 Å². The van der Waals surface area contributed by atoms with Crippen molar-refractivity contribution >= 4 is 11.9 Å². The predicted molar refractivity (Wildman–Crippen MR) is 61.2 cm³/mol. The fourth-order valence-corrected chi connectivity index (χ4v) is 1.91. The largest absolute Gasteiger partial charge is 0.433 e. The number of aromatic nitrogens is 2. The highest BCUT2D eigenvalue weighted by atomic mass is 19.4. The molecule has 1 aliphatic rings. The normalized spacial score (nSPS) is 19.7. The third kappa shape index (κ3) is 2.46. The SMILES string of the molecule is Nn1c(N2CC(CO)CC2=O)nc(C(F)(F)F)cc1=O. The molecule has 0 saturated carbocycles. The van der Waals surface area contributed by atoms with Gasteiger partial charge in [-0.3, -0.25) is 14.5 Å². The predicted octanol–water partition coefficient (Wildman–Crippen LogP) is -0.679. The molecule has 1 aliphatic heterocycles. The van der Waals surface area contributed by atoms with Crippen LogP contribution in [-0.4, -0.2) is 33.8 Å². The van der Waals surface area contributed by atoms with Gasteiger partial charge in [-0.25, -0.2) is 4.98 Å². The van der Waals surface area contributed by atoms with E-state index in [2.05, 4.69) is 4.98 Å². The molecule has 10 heteroatoms. The Morgan fingerprint density at radius 1 is 1.45 bits per heavy atom. The molecule has 0 spiro atoms. The molecule has 3 N–H and O–H groups in total. The van der Waals surface area contributed by atoms with E-state index in [4.69, 9.17) is 10.9 Å². The Labute approximate surface area is 110 Å². The van der Waals surface area contributed by atoms with Gasteiger partial charge in [0.25, 0.3) is 5.56 Å². The molecular formula is C10H11F3N4O3. The molecule has 1 saturated heterocycles. The first-order valence-electron chi connectivity index (χ1n) is 5.61. The van der Waals surface area contributed by atoms with E-state index in [1.807, 2.05) is 0 Å². The maximum atomic E-state index is 12.6. The third-order valence-electron chi connectivity index (χ3n) is 2.93. The molecule has 0 aliphatic carbocycles. The first kappa shape index (κ1) is 14.3. The molecule has 0 aromatic carbocycles. The van der Waals surface area contributed by atoms with Gasteiger partial charge in [0.15, 0.2) is 5.69 Å². The van der Waals surface area contributed by atoms with Crippen LogP contribution in [0.2, 0.25) is 0 Å². The topological polar surface area (TPSA) is 101 Å². The zero-order valence-corrected chi connectivity index (χ0v) is 10.1. The van der Waals surface area contributed by atoms with Gasteiger partial charge in [0.2, 0.25) is 11.9 Å². The summed E-state index contributed by atoms with van der Waals surface area (Å²) in [5.41, 5.74) is -2.54. The summed E-state index contributed by atoms with van der Waals surface area (Å²) >= 11 is 0. The smallest absolute Gasteiger partial charge is 0.396 e. The summed E-state index contributed by atoms with van der Waals surface area (Å²) in [6, 6.07) is 0.258. The van der Waals surface area contributed by atoms with Crippen LogP contribution in [0.3, 0.4) is 0 Å². The van der Waals surface area contributed by atoms with Crippen LogP contribution >= 0.6 is 0 Å². The van der Waals surface area contributed by atoms with E-state index < -0.39 is 35.2 Å². The lowest BCUT2D eigenvalue weighted by atomic mass is 10.1. The molecule has 2 heterocycles. The number of aliphatic hydroxyl groups excluding tert-OH is 1. The van der Waals surface area contributed by atoms with Crippen molar-refractivity contribution < 1.29 is 23.1 Å². The first-order valence-corrected chi connectivity index (χ1v) is 5.61. The van der Waals surface area contributed by atoms with Crippen LogP contribution in [0.4, 0.5) is 19.1 Å². The first-order chi connectivity index (χ1) is 9.24. The number of alkyl halides is 3. The zero-order valence-electron chi connectivity index (χ0n) is 10.1. The maximum Gasteiger partial charge on any atom is 0.433 e. The molecule has 1 aromatic rings. The Hall–Kier alpha value is -2.10. The highest BCUT2D eigenvalue weighted by molar-refractivity contribution is 5.94. The molecule has 0 radical (unpaired) electrons. The van der Waals surface area contributed by atoms with E-state index >= 15 is 0 Å². The van der Waals surface area contributed by atoms with Gasteiger partial charge in [-0.2, -0.15) is 17.8 Å². The van der Waals surface area contributed by atoms with Gasteiger partial charge >= 0.3 is 6.18 Å². The van der Waals surface area contributed by atoms with Crippen LogP contribution in [-0.2, 0) is 11.0 Å². The van der Waals surface area contributed by atoms with Gasteiger partial charge in [-0.15, -0.1) is 0 Å². The molecule has 2 rings (SSSR count). The van der Waals surface area contributed by atoms with E-state index in [0.717, 1.165) is 4.90 Å². The molecular weight excluding hydrogens is 281 g/mol. The summed E-state index contributed by atoms with van der Waals surface area (Å²) in [6.45, 7) is -0.337. The molecule has 0 bridgehead atoms. The standard InChI is InChI=1S/C10H11F3N4O3/c11-10(12,13)6-2-8(20)17(14)9(15-6)16-3-5(4-18)1-7(16)19/h2,5,18H,1,3-4,14H2. The Morgan fingerprint density at radius 3 is 2.60 bits per heavy atom. The molecule has 1 atom stereocenters. The number of hydrogen-bond donors (Lipinski definition) is 2. The molecule has 20 heavy (non-hydrogen) atoms. The van der Waals surface area contributed by atoms with E-state index in [1.54, 1.807) is 0 Å². The van der Waals surface area contributed by atoms with Gasteiger partial charge in [-0.05, 0) is 0 Å². The van der Waals surface area contributed by atoms with Crippen molar-refractivity contribution in [1.29, 1.82) is 0 Å². The van der Waals surface area contributed by atoms with Crippen LogP contribution in [0.1, 0.15) is 12.1 Å². The number of anilines is 1. The number of carbonyl (C=O) groups excluding carboxylic acids is 1. The molecule has 1 unspecified atom stereocenters. The quantitative estimate of drug-likeness (QED) is 0.703.